The largest absolute Gasteiger partial charge is 0.454 e. The number of carbonyl (C=O) groups is 3. The van der Waals surface area contributed by atoms with Gasteiger partial charge in [-0.05, 0) is 26.0 Å². The van der Waals surface area contributed by atoms with Gasteiger partial charge in [0.25, 0.3) is 5.91 Å². The van der Waals surface area contributed by atoms with Crippen molar-refractivity contribution in [1.29, 1.82) is 0 Å². The second-order valence-corrected chi connectivity index (χ2v) is 5.67. The third kappa shape index (κ3) is 4.76. The molecule has 1 heterocycles. The van der Waals surface area contributed by atoms with E-state index in [1.54, 1.807) is 13.8 Å². The molecule has 0 aliphatic carbocycles. The van der Waals surface area contributed by atoms with Crippen LogP contribution in [-0.2, 0) is 14.3 Å². The Morgan fingerprint density at radius 2 is 2.00 bits per heavy atom. The average molecular weight is 357 g/mol. The van der Waals surface area contributed by atoms with Crippen molar-refractivity contribution >= 4 is 29.4 Å². The minimum Gasteiger partial charge on any atom is -0.454 e. The maximum Gasteiger partial charge on any atom is 0.338 e. The molecule has 24 heavy (non-hydrogen) atoms. The minimum absolute atomic E-state index is 0.0222. The van der Waals surface area contributed by atoms with E-state index >= 15 is 0 Å². The summed E-state index contributed by atoms with van der Waals surface area (Å²) in [5.41, 5.74) is 0.134. The van der Waals surface area contributed by atoms with E-state index in [1.807, 2.05) is 0 Å². The van der Waals surface area contributed by atoms with E-state index in [0.717, 1.165) is 0 Å². The maximum absolute atomic E-state index is 11.9. The van der Waals surface area contributed by atoms with E-state index in [-0.39, 0.29) is 35.9 Å². The Hall–Kier alpha value is -2.48. The molecule has 1 aromatic rings. The van der Waals surface area contributed by atoms with Crippen molar-refractivity contribution in [3.8, 4) is 11.5 Å². The number of fused-ring (bicyclic) bond motifs is 1. The molecule has 0 bridgehead atoms. The first-order valence-corrected chi connectivity index (χ1v) is 7.57. The molecule has 0 saturated heterocycles. The van der Waals surface area contributed by atoms with Crippen LogP contribution in [0.3, 0.4) is 0 Å². The van der Waals surface area contributed by atoms with Gasteiger partial charge in [-0.25, -0.2) is 4.79 Å². The van der Waals surface area contributed by atoms with E-state index < -0.39 is 18.5 Å². The van der Waals surface area contributed by atoms with Crippen LogP contribution in [0, 0.1) is 0 Å². The number of ether oxygens (including phenoxy) is 3. The lowest BCUT2D eigenvalue weighted by atomic mass is 10.2. The molecule has 1 aliphatic rings. The topological polar surface area (TPSA) is 103 Å². The number of benzene rings is 1. The molecule has 0 atom stereocenters. The molecule has 2 rings (SSSR count). The average Bonchev–Trinajstić information content (AvgIpc) is 2.99. The van der Waals surface area contributed by atoms with Crippen molar-refractivity contribution in [1.82, 2.24) is 10.6 Å². The highest BCUT2D eigenvalue weighted by Gasteiger charge is 2.21. The fraction of sp³-hybridized carbons (Fsp3) is 0.400. The molecule has 1 aliphatic heterocycles. The van der Waals surface area contributed by atoms with Gasteiger partial charge in [0.2, 0.25) is 12.7 Å². The van der Waals surface area contributed by atoms with E-state index in [0.29, 0.717) is 11.5 Å². The molecule has 8 nitrogen and oxygen atoms in total. The Labute approximate surface area is 143 Å². The predicted molar refractivity (Wildman–Crippen MR) is 84.1 cm³/mol. The van der Waals surface area contributed by atoms with Gasteiger partial charge in [-0.2, -0.15) is 0 Å². The summed E-state index contributed by atoms with van der Waals surface area (Å²) in [6.45, 7) is 2.93. The van der Waals surface area contributed by atoms with Crippen molar-refractivity contribution in [2.45, 2.75) is 19.9 Å². The van der Waals surface area contributed by atoms with Crippen LogP contribution < -0.4 is 20.1 Å². The van der Waals surface area contributed by atoms with E-state index in [4.69, 9.17) is 25.8 Å². The molecule has 1 aromatic carbocycles. The molecule has 0 unspecified atom stereocenters. The lowest BCUT2D eigenvalue weighted by molar-refractivity contribution is -0.128. The highest BCUT2D eigenvalue weighted by molar-refractivity contribution is 6.32. The molecule has 2 amide bonds. The Kier molecular flexibility index (Phi) is 5.86. The first kappa shape index (κ1) is 17.9. The highest BCUT2D eigenvalue weighted by Crippen LogP contribution is 2.39. The summed E-state index contributed by atoms with van der Waals surface area (Å²) in [7, 11) is 0. The van der Waals surface area contributed by atoms with Crippen molar-refractivity contribution in [2.75, 3.05) is 19.9 Å². The van der Waals surface area contributed by atoms with Gasteiger partial charge in [0.05, 0.1) is 17.1 Å². The maximum atomic E-state index is 11.9. The van der Waals surface area contributed by atoms with Gasteiger partial charge < -0.3 is 24.8 Å². The Morgan fingerprint density at radius 3 is 2.71 bits per heavy atom. The summed E-state index contributed by atoms with van der Waals surface area (Å²) in [6.07, 6.45) is 0. The van der Waals surface area contributed by atoms with E-state index in [1.165, 1.54) is 12.1 Å². The van der Waals surface area contributed by atoms with Gasteiger partial charge in [0.15, 0.2) is 18.1 Å². The van der Waals surface area contributed by atoms with Crippen LogP contribution in [0.2, 0.25) is 5.02 Å². The van der Waals surface area contributed by atoms with E-state index in [9.17, 15) is 14.4 Å². The van der Waals surface area contributed by atoms with Gasteiger partial charge >= 0.3 is 5.97 Å². The van der Waals surface area contributed by atoms with Gasteiger partial charge in [-0.3, -0.25) is 9.59 Å². The van der Waals surface area contributed by atoms with Crippen LogP contribution in [0.1, 0.15) is 24.2 Å². The van der Waals surface area contributed by atoms with E-state index in [2.05, 4.69) is 10.6 Å². The van der Waals surface area contributed by atoms with Crippen molar-refractivity contribution in [3.63, 3.8) is 0 Å². The van der Waals surface area contributed by atoms with Crippen LogP contribution in [0.15, 0.2) is 12.1 Å². The van der Waals surface area contributed by atoms with Crippen LogP contribution >= 0.6 is 11.6 Å². The number of rotatable bonds is 6. The van der Waals surface area contributed by atoms with Crippen LogP contribution in [0.25, 0.3) is 0 Å². The Morgan fingerprint density at radius 1 is 1.25 bits per heavy atom. The molecule has 2 N–H and O–H groups in total. The Bertz CT molecular complexity index is 662. The summed E-state index contributed by atoms with van der Waals surface area (Å²) in [5.74, 6) is -0.954. The van der Waals surface area contributed by atoms with Gasteiger partial charge in [-0.1, -0.05) is 11.6 Å². The van der Waals surface area contributed by atoms with Gasteiger partial charge in [0.1, 0.15) is 0 Å². The zero-order chi connectivity index (χ0) is 17.7. The number of hydrogen-bond donors (Lipinski definition) is 2. The lowest BCUT2D eigenvalue weighted by Crippen LogP contribution is -2.41. The predicted octanol–water partition coefficient (Wildman–Crippen LogP) is 0.866. The molecule has 0 fully saturated rings. The van der Waals surface area contributed by atoms with Crippen molar-refractivity contribution in [3.05, 3.63) is 22.7 Å². The lowest BCUT2D eigenvalue weighted by Gasteiger charge is -2.10. The molecular formula is C15H17ClN2O6. The molecule has 9 heteroatoms. The fourth-order valence-corrected chi connectivity index (χ4v) is 2.17. The summed E-state index contributed by atoms with van der Waals surface area (Å²) >= 11 is 5.97. The molecule has 0 spiro atoms. The normalized spacial score (nSPS) is 12.0. The van der Waals surface area contributed by atoms with Crippen LogP contribution in [0.4, 0.5) is 0 Å². The quantitative estimate of drug-likeness (QED) is 0.733. The highest BCUT2D eigenvalue weighted by atomic mass is 35.5. The molecule has 0 aromatic heterocycles. The second kappa shape index (κ2) is 7.87. The first-order chi connectivity index (χ1) is 11.4. The number of halogens is 1. The van der Waals surface area contributed by atoms with Gasteiger partial charge in [0, 0.05) is 6.04 Å². The standard InChI is InChI=1S/C15H17ClN2O6/c1-8(2)18-12(19)5-17-13(20)6-22-15(21)9-3-10(16)14-11(4-9)23-7-24-14/h3-4,8H,5-7H2,1-2H3,(H,17,20)(H,18,19). The first-order valence-electron chi connectivity index (χ1n) is 7.19. The van der Waals surface area contributed by atoms with Crippen LogP contribution in [0.5, 0.6) is 11.5 Å². The number of hydrogen-bond acceptors (Lipinski definition) is 6. The zero-order valence-electron chi connectivity index (χ0n) is 13.2. The third-order valence-electron chi connectivity index (χ3n) is 2.89. The fourth-order valence-electron chi connectivity index (χ4n) is 1.90. The molecule has 0 saturated carbocycles. The van der Waals surface area contributed by atoms with Gasteiger partial charge in [-0.15, -0.1) is 0 Å². The monoisotopic (exact) mass is 356 g/mol. The summed E-state index contributed by atoms with van der Waals surface area (Å²) < 4.78 is 15.2. The van der Waals surface area contributed by atoms with Crippen LogP contribution in [-0.4, -0.2) is 43.8 Å². The summed E-state index contributed by atoms with van der Waals surface area (Å²) in [4.78, 5) is 34.9. The number of amides is 2. The smallest absolute Gasteiger partial charge is 0.338 e. The zero-order valence-corrected chi connectivity index (χ0v) is 13.9. The van der Waals surface area contributed by atoms with Crippen molar-refractivity contribution in [2.24, 2.45) is 0 Å². The second-order valence-electron chi connectivity index (χ2n) is 5.27. The number of carbonyl (C=O) groups excluding carboxylic acids is 3. The molecular weight excluding hydrogens is 340 g/mol. The molecule has 0 radical (unpaired) electrons. The number of nitrogens with one attached hydrogen (secondary N) is 2. The summed E-state index contributed by atoms with van der Waals surface area (Å²) in [6, 6.07) is 2.76. The molecule has 130 valence electrons. The minimum atomic E-state index is -0.739. The Balaban J connectivity index is 1.82. The number of esters is 1. The van der Waals surface area contributed by atoms with Crippen molar-refractivity contribution < 1.29 is 28.6 Å². The SMILES string of the molecule is CC(C)NC(=O)CNC(=O)COC(=O)c1cc(Cl)c2c(c1)OCO2. The third-order valence-corrected chi connectivity index (χ3v) is 3.17. The summed E-state index contributed by atoms with van der Waals surface area (Å²) in [5, 5.41) is 5.18.